The van der Waals surface area contributed by atoms with E-state index in [1.165, 1.54) is 18.2 Å². The molecular weight excluding hydrogens is 226 g/mol. The average Bonchev–Trinajstić information content (AvgIpc) is 2.20. The second-order valence-corrected chi connectivity index (χ2v) is 3.75. The summed E-state index contributed by atoms with van der Waals surface area (Å²) < 4.78 is 25.1. The zero-order chi connectivity index (χ0) is 11.6. The molecule has 0 spiro atoms. The van der Waals surface area contributed by atoms with E-state index >= 15 is 0 Å². The van der Waals surface area contributed by atoms with Crippen molar-refractivity contribution < 1.29 is 19.0 Å². The van der Waals surface area contributed by atoms with Gasteiger partial charge in [0, 0.05) is 5.02 Å². The number of aliphatic hydroxyl groups is 2. The Kier molecular flexibility index (Phi) is 3.65. The van der Waals surface area contributed by atoms with Crippen molar-refractivity contribution in [1.29, 1.82) is 0 Å². The molecule has 15 heavy (non-hydrogen) atoms. The molecule has 2 N–H and O–H groups in total. The van der Waals surface area contributed by atoms with E-state index in [0.717, 1.165) is 5.56 Å². The lowest BCUT2D eigenvalue weighted by Gasteiger charge is -2.25. The molecule has 0 aliphatic carbocycles. The molecule has 0 fully saturated rings. The molecule has 1 unspecified atom stereocenters. The highest BCUT2D eigenvalue weighted by molar-refractivity contribution is 6.31. The van der Waals surface area contributed by atoms with Crippen LogP contribution >= 0.6 is 11.6 Å². The summed E-state index contributed by atoms with van der Waals surface area (Å²) in [6.07, 6.45) is -3.07. The number of rotatable bonds is 3. The topological polar surface area (TPSA) is 40.5 Å². The normalized spacial score (nSPS) is 15.4. The molecule has 2 nitrogen and oxygen atoms in total. The Balaban J connectivity index is 3.19. The maximum atomic E-state index is 12.5. The van der Waals surface area contributed by atoms with E-state index in [9.17, 15) is 13.9 Å². The van der Waals surface area contributed by atoms with E-state index in [-0.39, 0.29) is 10.6 Å². The molecule has 0 aliphatic rings. The van der Waals surface area contributed by atoms with Crippen molar-refractivity contribution in [2.45, 2.75) is 19.0 Å². The van der Waals surface area contributed by atoms with Crippen molar-refractivity contribution in [1.82, 2.24) is 0 Å². The quantitative estimate of drug-likeness (QED) is 0.844. The number of aryl methyl sites for hydroxylation is 1. The van der Waals surface area contributed by atoms with Crippen LogP contribution in [0.2, 0.25) is 5.02 Å². The molecule has 1 rings (SSSR count). The summed E-state index contributed by atoms with van der Waals surface area (Å²) in [6, 6.07) is 4.07. The Morgan fingerprint density at radius 1 is 1.47 bits per heavy atom. The van der Waals surface area contributed by atoms with Crippen molar-refractivity contribution in [3.8, 4) is 0 Å². The third-order valence-corrected chi connectivity index (χ3v) is 2.68. The number of alkyl halides is 2. The highest BCUT2D eigenvalue weighted by Crippen LogP contribution is 2.30. The summed E-state index contributed by atoms with van der Waals surface area (Å²) in [6.45, 7) is 0.663. The van der Waals surface area contributed by atoms with E-state index in [2.05, 4.69) is 0 Å². The number of halogens is 3. The fraction of sp³-hybridized carbons (Fsp3) is 0.400. The predicted molar refractivity (Wildman–Crippen MR) is 53.2 cm³/mol. The Morgan fingerprint density at radius 3 is 2.47 bits per heavy atom. The molecule has 0 aliphatic heterocycles. The second kappa shape index (κ2) is 4.43. The summed E-state index contributed by atoms with van der Waals surface area (Å²) in [4.78, 5) is 0. The number of hydrogen-bond acceptors (Lipinski definition) is 2. The summed E-state index contributed by atoms with van der Waals surface area (Å²) in [5, 5.41) is 18.6. The van der Waals surface area contributed by atoms with Gasteiger partial charge in [-0.05, 0) is 24.1 Å². The maximum absolute atomic E-state index is 12.5. The van der Waals surface area contributed by atoms with Gasteiger partial charge in [0.1, 0.15) is 0 Å². The average molecular weight is 237 g/mol. The number of aliphatic hydroxyl groups excluding tert-OH is 1. The fourth-order valence-electron chi connectivity index (χ4n) is 1.15. The standard InChI is InChI=1S/C10H11ClF2O2/c1-6-2-3-7(4-8(6)11)10(15,5-14)9(12)13/h2-4,9,14-15H,5H2,1H3. The molecule has 0 aromatic heterocycles. The molecule has 0 radical (unpaired) electrons. The lowest BCUT2D eigenvalue weighted by atomic mass is 9.94. The van der Waals surface area contributed by atoms with Gasteiger partial charge in [0.05, 0.1) is 6.61 Å². The smallest absolute Gasteiger partial charge is 0.273 e. The molecule has 0 saturated carbocycles. The molecular formula is C10H11ClF2O2. The summed E-state index contributed by atoms with van der Waals surface area (Å²) in [5.41, 5.74) is -1.91. The minimum atomic E-state index is -3.07. The monoisotopic (exact) mass is 236 g/mol. The van der Waals surface area contributed by atoms with Crippen LogP contribution in [0.4, 0.5) is 8.78 Å². The van der Waals surface area contributed by atoms with E-state index in [1.807, 2.05) is 0 Å². The predicted octanol–water partition coefficient (Wildman–Crippen LogP) is 2.09. The zero-order valence-corrected chi connectivity index (χ0v) is 8.80. The lowest BCUT2D eigenvalue weighted by molar-refractivity contribution is -0.129. The van der Waals surface area contributed by atoms with E-state index in [1.54, 1.807) is 6.92 Å². The van der Waals surface area contributed by atoms with Crippen LogP contribution in [-0.2, 0) is 5.60 Å². The minimum Gasteiger partial charge on any atom is -0.393 e. The number of hydrogen-bond donors (Lipinski definition) is 2. The van der Waals surface area contributed by atoms with Crippen LogP contribution < -0.4 is 0 Å². The first kappa shape index (κ1) is 12.4. The van der Waals surface area contributed by atoms with Crippen LogP contribution in [0.5, 0.6) is 0 Å². The largest absolute Gasteiger partial charge is 0.393 e. The van der Waals surface area contributed by atoms with Gasteiger partial charge in [0.15, 0.2) is 5.60 Å². The third kappa shape index (κ3) is 2.27. The van der Waals surface area contributed by atoms with E-state index < -0.39 is 18.6 Å². The minimum absolute atomic E-state index is 0.0874. The van der Waals surface area contributed by atoms with Crippen molar-refractivity contribution in [2.75, 3.05) is 6.61 Å². The molecule has 0 heterocycles. The SMILES string of the molecule is Cc1ccc(C(O)(CO)C(F)F)cc1Cl. The van der Waals surface area contributed by atoms with Gasteiger partial charge in [-0.15, -0.1) is 0 Å². The highest BCUT2D eigenvalue weighted by atomic mass is 35.5. The van der Waals surface area contributed by atoms with Crippen LogP contribution in [0.3, 0.4) is 0 Å². The van der Waals surface area contributed by atoms with Gasteiger partial charge < -0.3 is 10.2 Å². The van der Waals surface area contributed by atoms with Gasteiger partial charge in [-0.2, -0.15) is 0 Å². The van der Waals surface area contributed by atoms with Gasteiger partial charge in [-0.3, -0.25) is 0 Å². The second-order valence-electron chi connectivity index (χ2n) is 3.35. The molecule has 1 aromatic rings. The van der Waals surface area contributed by atoms with Crippen LogP contribution in [0.15, 0.2) is 18.2 Å². The summed E-state index contributed by atoms with van der Waals surface area (Å²) >= 11 is 5.74. The first-order chi connectivity index (χ1) is 6.91. The van der Waals surface area contributed by atoms with Crippen LogP contribution in [0.1, 0.15) is 11.1 Å². The van der Waals surface area contributed by atoms with Crippen molar-refractivity contribution >= 4 is 11.6 Å². The molecule has 0 bridgehead atoms. The van der Waals surface area contributed by atoms with Crippen LogP contribution in [0.25, 0.3) is 0 Å². The van der Waals surface area contributed by atoms with Crippen LogP contribution in [-0.4, -0.2) is 23.2 Å². The van der Waals surface area contributed by atoms with E-state index in [0.29, 0.717) is 0 Å². The number of benzene rings is 1. The van der Waals surface area contributed by atoms with Gasteiger partial charge in [-0.25, -0.2) is 8.78 Å². The summed E-state index contributed by atoms with van der Waals surface area (Å²) in [7, 11) is 0. The molecule has 0 amide bonds. The Labute approximate surface area is 91.1 Å². The fourth-order valence-corrected chi connectivity index (χ4v) is 1.33. The van der Waals surface area contributed by atoms with Gasteiger partial charge in [0.25, 0.3) is 6.43 Å². The highest BCUT2D eigenvalue weighted by Gasteiger charge is 2.39. The van der Waals surface area contributed by atoms with Crippen molar-refractivity contribution in [3.05, 3.63) is 34.3 Å². The first-order valence-corrected chi connectivity index (χ1v) is 4.67. The van der Waals surface area contributed by atoms with Crippen molar-refractivity contribution in [2.24, 2.45) is 0 Å². The molecule has 1 atom stereocenters. The van der Waals surface area contributed by atoms with Gasteiger partial charge >= 0.3 is 0 Å². The molecule has 84 valence electrons. The zero-order valence-electron chi connectivity index (χ0n) is 8.04. The molecule has 0 saturated heterocycles. The van der Waals surface area contributed by atoms with Gasteiger partial charge in [-0.1, -0.05) is 23.7 Å². The maximum Gasteiger partial charge on any atom is 0.273 e. The van der Waals surface area contributed by atoms with E-state index in [4.69, 9.17) is 16.7 Å². The lowest BCUT2D eigenvalue weighted by Crippen LogP contribution is -2.38. The Hall–Kier alpha value is -0.710. The van der Waals surface area contributed by atoms with Gasteiger partial charge in [0.2, 0.25) is 0 Å². The first-order valence-electron chi connectivity index (χ1n) is 4.30. The van der Waals surface area contributed by atoms with Crippen LogP contribution in [0, 0.1) is 6.92 Å². The Bertz CT molecular complexity index is 357. The Morgan fingerprint density at radius 2 is 2.07 bits per heavy atom. The molecule has 5 heteroatoms. The third-order valence-electron chi connectivity index (χ3n) is 2.27. The summed E-state index contributed by atoms with van der Waals surface area (Å²) in [5.74, 6) is 0. The molecule has 1 aromatic carbocycles. The van der Waals surface area contributed by atoms with Crippen molar-refractivity contribution in [3.63, 3.8) is 0 Å².